The Bertz CT molecular complexity index is 1110. The number of fused-ring (bicyclic) bond motifs is 1. The molecule has 1 saturated carbocycles. The molecule has 2 aromatic heterocycles. The minimum Gasteiger partial charge on any atom is -0.399 e. The van der Waals surface area contributed by atoms with Crippen LogP contribution in [0.1, 0.15) is 39.2 Å². The molecule has 30 heavy (non-hydrogen) atoms. The highest BCUT2D eigenvalue weighted by atomic mass is 79.9. The second-order valence-corrected chi connectivity index (χ2v) is 9.80. The van der Waals surface area contributed by atoms with E-state index in [0.29, 0.717) is 11.5 Å². The maximum absolute atomic E-state index is 6.60. The second kappa shape index (κ2) is 7.28. The zero-order valence-electron chi connectivity index (χ0n) is 17.5. The standard InChI is InChI=1S/C22H28BrN7/c1-21(2)18(8-9-22(21,3)26)29-19-16(11-27-30-12-13(23)10-17(19)30)20(25)28-15-6-4-14(24)5-7-15/h4-7,10-12,18,29H,8-9,24,26H2,1-3H3,(H2,25,28)/t18?,22-/m0/s1. The van der Waals surface area contributed by atoms with Crippen molar-refractivity contribution in [1.82, 2.24) is 9.61 Å². The fraction of sp³-hybridized carbons (Fsp3) is 0.364. The summed E-state index contributed by atoms with van der Waals surface area (Å²) >= 11 is 3.55. The molecule has 2 heterocycles. The fourth-order valence-corrected chi connectivity index (χ4v) is 4.48. The van der Waals surface area contributed by atoms with Gasteiger partial charge in [0, 0.05) is 33.4 Å². The van der Waals surface area contributed by atoms with Gasteiger partial charge >= 0.3 is 0 Å². The van der Waals surface area contributed by atoms with Crippen molar-refractivity contribution in [3.8, 4) is 0 Å². The lowest BCUT2D eigenvalue weighted by molar-refractivity contribution is 0.215. The molecule has 0 spiro atoms. The molecule has 1 aromatic carbocycles. The summed E-state index contributed by atoms with van der Waals surface area (Å²) in [6.07, 6.45) is 5.60. The Morgan fingerprint density at radius 2 is 1.97 bits per heavy atom. The number of hydrogen-bond acceptors (Lipinski definition) is 5. The average Bonchev–Trinajstić information content (AvgIpc) is 3.15. The molecule has 1 fully saturated rings. The molecule has 1 unspecified atom stereocenters. The molecule has 4 rings (SSSR count). The topological polar surface area (TPSA) is 120 Å². The second-order valence-electron chi connectivity index (χ2n) is 8.88. The highest BCUT2D eigenvalue weighted by molar-refractivity contribution is 9.10. The van der Waals surface area contributed by atoms with Gasteiger partial charge in [0.2, 0.25) is 0 Å². The van der Waals surface area contributed by atoms with Crippen molar-refractivity contribution in [3.63, 3.8) is 0 Å². The Morgan fingerprint density at radius 1 is 1.27 bits per heavy atom. The molecular weight excluding hydrogens is 442 g/mol. The van der Waals surface area contributed by atoms with Gasteiger partial charge < -0.3 is 22.5 Å². The number of nitrogens with zero attached hydrogens (tertiary/aromatic N) is 3. The molecule has 2 atom stereocenters. The summed E-state index contributed by atoms with van der Waals surface area (Å²) in [4.78, 5) is 4.60. The summed E-state index contributed by atoms with van der Waals surface area (Å²) < 4.78 is 2.77. The number of rotatable bonds is 4. The van der Waals surface area contributed by atoms with Crippen LogP contribution in [0.25, 0.3) is 5.52 Å². The van der Waals surface area contributed by atoms with Crippen molar-refractivity contribution < 1.29 is 0 Å². The number of amidine groups is 1. The maximum Gasteiger partial charge on any atom is 0.135 e. The largest absolute Gasteiger partial charge is 0.399 e. The van der Waals surface area contributed by atoms with E-state index in [-0.39, 0.29) is 17.0 Å². The van der Waals surface area contributed by atoms with Gasteiger partial charge in [0.15, 0.2) is 0 Å². The van der Waals surface area contributed by atoms with Crippen molar-refractivity contribution in [2.45, 2.75) is 45.2 Å². The van der Waals surface area contributed by atoms with Crippen LogP contribution >= 0.6 is 15.9 Å². The van der Waals surface area contributed by atoms with Crippen molar-refractivity contribution in [2.24, 2.45) is 21.9 Å². The Labute approximate surface area is 184 Å². The summed E-state index contributed by atoms with van der Waals surface area (Å²) in [7, 11) is 0. The van der Waals surface area contributed by atoms with Crippen LogP contribution in [-0.2, 0) is 0 Å². The number of aliphatic imine (C=N–C) groups is 1. The fourth-order valence-electron chi connectivity index (χ4n) is 4.07. The Hall–Kier alpha value is -2.58. The van der Waals surface area contributed by atoms with Crippen LogP contribution in [0.15, 0.2) is 52.2 Å². The van der Waals surface area contributed by atoms with Crippen LogP contribution in [0.5, 0.6) is 0 Å². The quantitative estimate of drug-likeness (QED) is 0.261. The smallest absolute Gasteiger partial charge is 0.135 e. The zero-order chi connectivity index (χ0) is 21.7. The summed E-state index contributed by atoms with van der Waals surface area (Å²) in [5.74, 6) is 0.390. The first kappa shape index (κ1) is 20.7. The van der Waals surface area contributed by atoms with Crippen LogP contribution in [0, 0.1) is 5.41 Å². The van der Waals surface area contributed by atoms with Gasteiger partial charge in [0.25, 0.3) is 0 Å². The third kappa shape index (κ3) is 3.54. The van der Waals surface area contributed by atoms with E-state index >= 15 is 0 Å². The highest BCUT2D eigenvalue weighted by Gasteiger charge is 2.49. The molecule has 1 aliphatic rings. The number of nitrogens with one attached hydrogen (secondary N) is 1. The lowest BCUT2D eigenvalue weighted by Crippen LogP contribution is -2.51. The molecule has 8 heteroatoms. The van der Waals surface area contributed by atoms with Gasteiger partial charge in [-0.3, -0.25) is 0 Å². The number of nitrogens with two attached hydrogens (primary N) is 3. The van der Waals surface area contributed by atoms with Gasteiger partial charge in [-0.2, -0.15) is 5.10 Å². The minimum absolute atomic E-state index is 0.1000. The first-order valence-electron chi connectivity index (χ1n) is 10.0. The number of halogens is 1. The molecule has 1 aliphatic carbocycles. The van der Waals surface area contributed by atoms with E-state index in [4.69, 9.17) is 17.2 Å². The Kier molecular flexibility index (Phi) is 5.02. The first-order valence-corrected chi connectivity index (χ1v) is 10.8. The number of nitrogen functional groups attached to an aromatic ring is 1. The predicted octanol–water partition coefficient (Wildman–Crippen LogP) is 4.03. The van der Waals surface area contributed by atoms with Crippen molar-refractivity contribution in [2.75, 3.05) is 11.1 Å². The molecular formula is C22H28BrN7. The van der Waals surface area contributed by atoms with Crippen molar-refractivity contribution in [3.05, 3.63) is 52.8 Å². The third-order valence-electron chi connectivity index (χ3n) is 6.64. The van der Waals surface area contributed by atoms with E-state index < -0.39 is 0 Å². The summed E-state index contributed by atoms with van der Waals surface area (Å²) in [5.41, 5.74) is 22.5. The molecule has 0 saturated heterocycles. The van der Waals surface area contributed by atoms with Crippen LogP contribution < -0.4 is 22.5 Å². The lowest BCUT2D eigenvalue weighted by atomic mass is 9.75. The van der Waals surface area contributed by atoms with Crippen molar-refractivity contribution >= 4 is 44.3 Å². The molecule has 0 aliphatic heterocycles. The molecule has 0 radical (unpaired) electrons. The Morgan fingerprint density at radius 3 is 2.60 bits per heavy atom. The number of aromatic nitrogens is 2. The maximum atomic E-state index is 6.60. The molecule has 158 valence electrons. The van der Waals surface area contributed by atoms with E-state index in [1.54, 1.807) is 18.3 Å². The van der Waals surface area contributed by atoms with E-state index in [2.05, 4.69) is 52.1 Å². The highest BCUT2D eigenvalue weighted by Crippen LogP contribution is 2.46. The zero-order valence-corrected chi connectivity index (χ0v) is 19.1. The summed E-state index contributed by atoms with van der Waals surface area (Å²) in [6.45, 7) is 6.56. The van der Waals surface area contributed by atoms with Crippen LogP contribution in [0.2, 0.25) is 0 Å². The van der Waals surface area contributed by atoms with E-state index in [0.717, 1.165) is 39.8 Å². The summed E-state index contributed by atoms with van der Waals surface area (Å²) in [6, 6.07) is 9.51. The van der Waals surface area contributed by atoms with Gasteiger partial charge in [-0.1, -0.05) is 13.8 Å². The lowest BCUT2D eigenvalue weighted by Gasteiger charge is -2.39. The SMILES string of the molecule is CC1(C)C(Nc2c(C(N)=Nc3ccc(N)cc3)cnn3cc(Br)cc23)CC[C@]1(C)N. The number of hydrogen-bond donors (Lipinski definition) is 4. The number of anilines is 2. The average molecular weight is 470 g/mol. The van der Waals surface area contributed by atoms with Crippen LogP contribution in [0.3, 0.4) is 0 Å². The van der Waals surface area contributed by atoms with E-state index in [1.807, 2.05) is 28.9 Å². The molecule has 7 N–H and O–H groups in total. The van der Waals surface area contributed by atoms with Gasteiger partial charge in [-0.05, 0) is 66.0 Å². The minimum atomic E-state index is -0.250. The van der Waals surface area contributed by atoms with Crippen LogP contribution in [-0.4, -0.2) is 27.0 Å². The van der Waals surface area contributed by atoms with Gasteiger partial charge in [-0.15, -0.1) is 0 Å². The molecule has 0 bridgehead atoms. The van der Waals surface area contributed by atoms with E-state index in [9.17, 15) is 0 Å². The molecule has 3 aromatic rings. The molecule has 0 amide bonds. The normalized spacial score (nSPS) is 23.8. The van der Waals surface area contributed by atoms with Gasteiger partial charge in [-0.25, -0.2) is 9.51 Å². The van der Waals surface area contributed by atoms with E-state index in [1.165, 1.54) is 0 Å². The van der Waals surface area contributed by atoms with Crippen molar-refractivity contribution in [1.29, 1.82) is 0 Å². The number of benzene rings is 1. The first-order chi connectivity index (χ1) is 14.1. The Balaban J connectivity index is 1.80. The van der Waals surface area contributed by atoms with Gasteiger partial charge in [0.1, 0.15) is 5.84 Å². The predicted molar refractivity (Wildman–Crippen MR) is 127 cm³/mol. The monoisotopic (exact) mass is 469 g/mol. The van der Waals surface area contributed by atoms with Crippen LogP contribution in [0.4, 0.5) is 17.1 Å². The van der Waals surface area contributed by atoms with Gasteiger partial charge in [0.05, 0.1) is 28.7 Å². The third-order valence-corrected chi connectivity index (χ3v) is 7.07. The summed E-state index contributed by atoms with van der Waals surface area (Å²) in [5, 5.41) is 8.27. The molecule has 7 nitrogen and oxygen atoms in total.